The van der Waals surface area contributed by atoms with Crippen molar-refractivity contribution in [2.24, 2.45) is 5.73 Å². The minimum atomic E-state index is -0.765. The lowest BCUT2D eigenvalue weighted by atomic mass is 10.0. The maximum Gasteiger partial charge on any atom is 0.126 e. The van der Waals surface area contributed by atoms with Crippen molar-refractivity contribution in [2.45, 2.75) is 37.5 Å². The molecule has 0 bridgehead atoms. The fourth-order valence-corrected chi connectivity index (χ4v) is 2.48. The number of rotatable bonds is 6. The second kappa shape index (κ2) is 7.79. The highest BCUT2D eigenvalue weighted by atomic mass is 19.1. The van der Waals surface area contributed by atoms with Crippen LogP contribution in [0.1, 0.15) is 18.4 Å². The average Bonchev–Trinajstić information content (AvgIpc) is 2.44. The van der Waals surface area contributed by atoms with Gasteiger partial charge >= 0.3 is 0 Å². The minimum Gasteiger partial charge on any atom is -0.390 e. The van der Waals surface area contributed by atoms with E-state index >= 15 is 0 Å². The van der Waals surface area contributed by atoms with Crippen LogP contribution in [0.25, 0.3) is 0 Å². The maximum atomic E-state index is 13.1. The van der Waals surface area contributed by atoms with Gasteiger partial charge in [-0.05, 0) is 37.0 Å². The molecule has 2 rings (SSSR count). The van der Waals surface area contributed by atoms with Gasteiger partial charge in [-0.2, -0.15) is 0 Å². The molecule has 21 heavy (non-hydrogen) atoms. The molecule has 1 aliphatic heterocycles. The molecule has 4 N–H and O–H groups in total. The van der Waals surface area contributed by atoms with Gasteiger partial charge in [-0.25, -0.2) is 8.78 Å². The highest BCUT2D eigenvalue weighted by Crippen LogP contribution is 2.11. The monoisotopic (exact) mass is 300 g/mol. The lowest BCUT2D eigenvalue weighted by Gasteiger charge is -2.26. The van der Waals surface area contributed by atoms with Crippen LogP contribution in [0.3, 0.4) is 0 Å². The molecule has 0 aromatic heterocycles. The first kappa shape index (κ1) is 16.3. The average molecular weight is 300 g/mol. The van der Waals surface area contributed by atoms with Crippen LogP contribution in [0.15, 0.2) is 18.2 Å². The van der Waals surface area contributed by atoms with E-state index in [2.05, 4.69) is 5.32 Å². The molecule has 6 heteroatoms. The Morgan fingerprint density at radius 2 is 1.86 bits per heavy atom. The first-order valence-electron chi connectivity index (χ1n) is 7.24. The SMILES string of the molecule is N[C@@H](Cc1cc(F)cc(F)c1)[C@H](O)CNC1CCOCC1. The van der Waals surface area contributed by atoms with E-state index in [1.807, 2.05) is 0 Å². The van der Waals surface area contributed by atoms with Crippen molar-refractivity contribution < 1.29 is 18.6 Å². The van der Waals surface area contributed by atoms with Gasteiger partial charge in [0.1, 0.15) is 11.6 Å². The van der Waals surface area contributed by atoms with Gasteiger partial charge in [0.25, 0.3) is 0 Å². The molecule has 1 aliphatic rings. The van der Waals surface area contributed by atoms with Crippen LogP contribution in [0, 0.1) is 11.6 Å². The summed E-state index contributed by atoms with van der Waals surface area (Å²) in [5, 5.41) is 13.3. The molecular weight excluding hydrogens is 278 g/mol. The van der Waals surface area contributed by atoms with E-state index in [1.54, 1.807) is 0 Å². The predicted octanol–water partition coefficient (Wildman–Crippen LogP) is 0.964. The van der Waals surface area contributed by atoms with Gasteiger partial charge in [0.05, 0.1) is 6.10 Å². The Morgan fingerprint density at radius 3 is 2.48 bits per heavy atom. The van der Waals surface area contributed by atoms with E-state index in [9.17, 15) is 13.9 Å². The smallest absolute Gasteiger partial charge is 0.126 e. The number of nitrogens with one attached hydrogen (secondary N) is 1. The molecule has 1 saturated heterocycles. The summed E-state index contributed by atoms with van der Waals surface area (Å²) in [6.45, 7) is 1.81. The van der Waals surface area contributed by atoms with Crippen molar-refractivity contribution in [3.63, 3.8) is 0 Å². The van der Waals surface area contributed by atoms with Gasteiger partial charge in [-0.1, -0.05) is 0 Å². The minimum absolute atomic E-state index is 0.227. The van der Waals surface area contributed by atoms with Gasteiger partial charge in [0.2, 0.25) is 0 Å². The summed E-state index contributed by atoms with van der Waals surface area (Å²) in [7, 11) is 0. The molecule has 118 valence electrons. The quantitative estimate of drug-likeness (QED) is 0.732. The van der Waals surface area contributed by atoms with Crippen molar-refractivity contribution in [1.29, 1.82) is 0 Å². The zero-order valence-electron chi connectivity index (χ0n) is 11.9. The number of hydrogen-bond donors (Lipinski definition) is 3. The summed E-state index contributed by atoms with van der Waals surface area (Å²) in [6, 6.07) is 3.05. The van der Waals surface area contributed by atoms with E-state index < -0.39 is 23.8 Å². The van der Waals surface area contributed by atoms with Crippen molar-refractivity contribution in [3.05, 3.63) is 35.4 Å². The highest BCUT2D eigenvalue weighted by Gasteiger charge is 2.19. The predicted molar refractivity (Wildman–Crippen MR) is 75.9 cm³/mol. The molecule has 1 fully saturated rings. The van der Waals surface area contributed by atoms with Crippen LogP contribution in [0.4, 0.5) is 8.78 Å². The van der Waals surface area contributed by atoms with E-state index in [0.717, 1.165) is 32.1 Å². The molecule has 4 nitrogen and oxygen atoms in total. The van der Waals surface area contributed by atoms with E-state index in [1.165, 1.54) is 12.1 Å². The second-order valence-electron chi connectivity index (χ2n) is 5.51. The molecule has 0 unspecified atom stereocenters. The maximum absolute atomic E-state index is 13.1. The summed E-state index contributed by atoms with van der Waals surface area (Å²) in [6.07, 6.45) is 1.29. The van der Waals surface area contributed by atoms with Crippen molar-refractivity contribution in [1.82, 2.24) is 5.32 Å². The number of ether oxygens (including phenoxy) is 1. The molecule has 0 spiro atoms. The van der Waals surface area contributed by atoms with Gasteiger partial charge in [0, 0.05) is 37.9 Å². The van der Waals surface area contributed by atoms with Gasteiger partial charge < -0.3 is 20.9 Å². The fraction of sp³-hybridized carbons (Fsp3) is 0.600. The highest BCUT2D eigenvalue weighted by molar-refractivity contribution is 5.19. The molecule has 0 saturated carbocycles. The topological polar surface area (TPSA) is 67.5 Å². The van der Waals surface area contributed by atoms with E-state index in [4.69, 9.17) is 10.5 Å². The van der Waals surface area contributed by atoms with Crippen LogP contribution >= 0.6 is 0 Å². The van der Waals surface area contributed by atoms with Crippen molar-refractivity contribution >= 4 is 0 Å². The molecule has 1 aromatic rings. The molecule has 1 heterocycles. The van der Waals surface area contributed by atoms with Crippen LogP contribution < -0.4 is 11.1 Å². The van der Waals surface area contributed by atoms with Crippen molar-refractivity contribution in [2.75, 3.05) is 19.8 Å². The van der Waals surface area contributed by atoms with Gasteiger partial charge in [-0.15, -0.1) is 0 Å². The fourth-order valence-electron chi connectivity index (χ4n) is 2.48. The Balaban J connectivity index is 1.79. The molecule has 0 amide bonds. The standard InChI is InChI=1S/C15H22F2N2O2/c16-11-5-10(6-12(17)8-11)7-14(18)15(20)9-19-13-1-3-21-4-2-13/h5-6,8,13-15,19-20H,1-4,7,9,18H2/t14-,15+/m0/s1. The summed E-state index contributed by atoms with van der Waals surface area (Å²) >= 11 is 0. The Kier molecular flexibility index (Phi) is 6.05. The number of hydrogen-bond acceptors (Lipinski definition) is 4. The Hall–Kier alpha value is -1.08. The third-order valence-corrected chi connectivity index (χ3v) is 3.72. The van der Waals surface area contributed by atoms with Crippen LogP contribution in [0.2, 0.25) is 0 Å². The summed E-state index contributed by atoms with van der Waals surface area (Å²) in [5.41, 5.74) is 6.35. The first-order valence-corrected chi connectivity index (χ1v) is 7.24. The zero-order valence-corrected chi connectivity index (χ0v) is 11.9. The molecule has 0 radical (unpaired) electrons. The van der Waals surface area contributed by atoms with Crippen LogP contribution in [-0.2, 0) is 11.2 Å². The number of aliphatic hydroxyl groups is 1. The third-order valence-electron chi connectivity index (χ3n) is 3.72. The largest absolute Gasteiger partial charge is 0.390 e. The molecular formula is C15H22F2N2O2. The third kappa shape index (κ3) is 5.32. The Morgan fingerprint density at radius 1 is 1.24 bits per heavy atom. The summed E-state index contributed by atoms with van der Waals surface area (Å²) < 4.78 is 31.5. The number of nitrogens with two attached hydrogens (primary N) is 1. The van der Waals surface area contributed by atoms with E-state index in [0.29, 0.717) is 18.2 Å². The van der Waals surface area contributed by atoms with Crippen molar-refractivity contribution in [3.8, 4) is 0 Å². The Bertz CT molecular complexity index is 433. The lowest BCUT2D eigenvalue weighted by Crippen LogP contribution is -2.46. The molecule has 2 atom stereocenters. The summed E-state index contributed by atoms with van der Waals surface area (Å²) in [5.74, 6) is -1.26. The van der Waals surface area contributed by atoms with E-state index in [-0.39, 0.29) is 6.42 Å². The number of aliphatic hydroxyl groups excluding tert-OH is 1. The number of halogens is 2. The normalized spacial score (nSPS) is 19.4. The summed E-state index contributed by atoms with van der Waals surface area (Å²) in [4.78, 5) is 0. The Labute approximate surface area is 123 Å². The van der Waals surface area contributed by atoms with Gasteiger partial charge in [0.15, 0.2) is 0 Å². The molecule has 0 aliphatic carbocycles. The van der Waals surface area contributed by atoms with Gasteiger partial charge in [-0.3, -0.25) is 0 Å². The number of benzene rings is 1. The first-order chi connectivity index (χ1) is 10.0. The van der Waals surface area contributed by atoms with Crippen LogP contribution in [-0.4, -0.2) is 43.1 Å². The van der Waals surface area contributed by atoms with Crippen LogP contribution in [0.5, 0.6) is 0 Å². The molecule has 1 aromatic carbocycles. The zero-order chi connectivity index (χ0) is 15.2. The lowest BCUT2D eigenvalue weighted by molar-refractivity contribution is 0.0700. The second-order valence-corrected chi connectivity index (χ2v) is 5.51.